The van der Waals surface area contributed by atoms with Crippen molar-refractivity contribution in [3.8, 4) is 0 Å². The molecular weight excluding hydrogens is 245 g/mol. The Morgan fingerprint density at radius 3 is 2.65 bits per heavy atom. The third-order valence-corrected chi connectivity index (χ3v) is 2.52. The summed E-state index contributed by atoms with van der Waals surface area (Å²) in [7, 11) is 0. The van der Waals surface area contributed by atoms with Gasteiger partial charge in [0.2, 0.25) is 5.89 Å². The van der Waals surface area contributed by atoms with Crippen LogP contribution in [-0.2, 0) is 5.88 Å². The number of hydrogen-bond donors (Lipinski definition) is 1. The first-order valence-corrected chi connectivity index (χ1v) is 5.63. The van der Waals surface area contributed by atoms with Gasteiger partial charge in [-0.2, -0.15) is 0 Å². The summed E-state index contributed by atoms with van der Waals surface area (Å²) in [6.45, 7) is 1.91. The van der Waals surface area contributed by atoms with E-state index in [9.17, 15) is 4.39 Å². The zero-order valence-corrected chi connectivity index (χ0v) is 9.91. The van der Waals surface area contributed by atoms with Crippen LogP contribution in [0.2, 0.25) is 0 Å². The number of halogens is 2. The summed E-state index contributed by atoms with van der Waals surface area (Å²) in [4.78, 5) is 0. The van der Waals surface area contributed by atoms with Crippen molar-refractivity contribution in [2.45, 2.75) is 18.8 Å². The van der Waals surface area contributed by atoms with E-state index in [1.807, 2.05) is 6.92 Å². The Morgan fingerprint density at radius 2 is 2.06 bits per heavy atom. The van der Waals surface area contributed by atoms with Crippen molar-refractivity contribution < 1.29 is 8.81 Å². The molecule has 1 aromatic heterocycles. The van der Waals surface area contributed by atoms with E-state index in [1.165, 1.54) is 12.1 Å². The molecule has 2 aromatic rings. The first-order chi connectivity index (χ1) is 8.19. The lowest BCUT2D eigenvalue weighted by Crippen LogP contribution is -2.06. The molecule has 0 spiro atoms. The maximum absolute atomic E-state index is 12.8. The molecule has 6 heteroatoms. The molecular formula is C11H11ClFN3O. The highest BCUT2D eigenvalue weighted by molar-refractivity contribution is 6.16. The summed E-state index contributed by atoms with van der Waals surface area (Å²) in [5.41, 5.74) is 0.928. The quantitative estimate of drug-likeness (QED) is 0.853. The van der Waals surface area contributed by atoms with Crippen LogP contribution < -0.4 is 5.32 Å². The third kappa shape index (κ3) is 2.94. The van der Waals surface area contributed by atoms with Crippen LogP contribution >= 0.6 is 11.6 Å². The highest BCUT2D eigenvalue weighted by Crippen LogP contribution is 2.18. The first-order valence-electron chi connectivity index (χ1n) is 5.09. The molecule has 0 saturated carbocycles. The Kier molecular flexibility index (Phi) is 3.58. The number of rotatable bonds is 4. The molecule has 0 aliphatic heterocycles. The molecule has 90 valence electrons. The third-order valence-electron chi connectivity index (χ3n) is 2.29. The zero-order valence-electron chi connectivity index (χ0n) is 9.15. The lowest BCUT2D eigenvalue weighted by Gasteiger charge is -2.11. The van der Waals surface area contributed by atoms with E-state index in [-0.39, 0.29) is 17.7 Å². The maximum atomic E-state index is 12.8. The molecule has 2 rings (SSSR count). The molecule has 0 amide bonds. The van der Waals surface area contributed by atoms with Gasteiger partial charge >= 0.3 is 6.01 Å². The van der Waals surface area contributed by atoms with Gasteiger partial charge in [-0.1, -0.05) is 17.2 Å². The molecule has 1 heterocycles. The topological polar surface area (TPSA) is 51.0 Å². The van der Waals surface area contributed by atoms with Crippen molar-refractivity contribution in [2.75, 3.05) is 5.32 Å². The van der Waals surface area contributed by atoms with Crippen molar-refractivity contribution >= 4 is 17.6 Å². The molecule has 0 radical (unpaired) electrons. The fourth-order valence-corrected chi connectivity index (χ4v) is 1.49. The van der Waals surface area contributed by atoms with E-state index < -0.39 is 0 Å². The summed E-state index contributed by atoms with van der Waals surface area (Å²) in [5.74, 6) is 0.281. The van der Waals surface area contributed by atoms with E-state index >= 15 is 0 Å². The molecule has 0 bridgehead atoms. The van der Waals surface area contributed by atoms with Crippen LogP contribution in [0, 0.1) is 5.82 Å². The van der Waals surface area contributed by atoms with E-state index in [2.05, 4.69) is 15.5 Å². The van der Waals surface area contributed by atoms with Crippen molar-refractivity contribution in [3.63, 3.8) is 0 Å². The largest absolute Gasteiger partial charge is 0.407 e. The Bertz CT molecular complexity index is 486. The summed E-state index contributed by atoms with van der Waals surface area (Å²) >= 11 is 5.55. The minimum absolute atomic E-state index is 0.0563. The maximum Gasteiger partial charge on any atom is 0.315 e. The predicted molar refractivity (Wildman–Crippen MR) is 62.3 cm³/mol. The number of nitrogens with one attached hydrogen (secondary N) is 1. The van der Waals surface area contributed by atoms with Gasteiger partial charge in [-0.15, -0.1) is 16.7 Å². The zero-order chi connectivity index (χ0) is 12.3. The van der Waals surface area contributed by atoms with Gasteiger partial charge in [0.05, 0.1) is 6.04 Å². The normalized spacial score (nSPS) is 12.4. The SMILES string of the molecule is CC(Nc1nnc(CCl)o1)c1ccc(F)cc1. The van der Waals surface area contributed by atoms with Crippen molar-refractivity contribution in [1.82, 2.24) is 10.2 Å². The van der Waals surface area contributed by atoms with Crippen LogP contribution in [0.15, 0.2) is 28.7 Å². The minimum Gasteiger partial charge on any atom is -0.407 e. The fourth-order valence-electron chi connectivity index (χ4n) is 1.39. The first kappa shape index (κ1) is 11.9. The molecule has 4 nitrogen and oxygen atoms in total. The van der Waals surface area contributed by atoms with Crippen molar-refractivity contribution in [3.05, 3.63) is 41.5 Å². The number of hydrogen-bond acceptors (Lipinski definition) is 4. The van der Waals surface area contributed by atoms with Crippen LogP contribution in [0.5, 0.6) is 0 Å². The van der Waals surface area contributed by atoms with Crippen LogP contribution in [0.1, 0.15) is 24.4 Å². The van der Waals surface area contributed by atoms with Gasteiger partial charge in [0, 0.05) is 0 Å². The summed E-state index contributed by atoms with van der Waals surface area (Å²) in [6, 6.07) is 6.46. The molecule has 0 aliphatic rings. The van der Waals surface area contributed by atoms with Crippen LogP contribution in [-0.4, -0.2) is 10.2 Å². The number of benzene rings is 1. The molecule has 0 fully saturated rings. The second-order valence-electron chi connectivity index (χ2n) is 3.55. The minimum atomic E-state index is -0.261. The second-order valence-corrected chi connectivity index (χ2v) is 3.82. The standard InChI is InChI=1S/C11H11ClFN3O/c1-7(8-2-4-9(13)5-3-8)14-11-16-15-10(6-12)17-11/h2-5,7H,6H2,1H3,(H,14,16). The molecule has 1 atom stereocenters. The van der Waals surface area contributed by atoms with Gasteiger partial charge in [-0.25, -0.2) is 4.39 Å². The van der Waals surface area contributed by atoms with E-state index in [1.54, 1.807) is 12.1 Å². The lowest BCUT2D eigenvalue weighted by molar-refractivity contribution is 0.520. The Balaban J connectivity index is 2.05. The number of alkyl halides is 1. The lowest BCUT2D eigenvalue weighted by atomic mass is 10.1. The molecule has 1 aromatic carbocycles. The van der Waals surface area contributed by atoms with Gasteiger partial charge in [0.25, 0.3) is 0 Å². The molecule has 1 N–H and O–H groups in total. The number of nitrogens with zero attached hydrogens (tertiary/aromatic N) is 2. The van der Waals surface area contributed by atoms with E-state index in [0.29, 0.717) is 11.9 Å². The van der Waals surface area contributed by atoms with Crippen molar-refractivity contribution in [2.24, 2.45) is 0 Å². The summed E-state index contributed by atoms with van der Waals surface area (Å²) in [6.07, 6.45) is 0. The average Bonchev–Trinajstić information content (AvgIpc) is 2.77. The predicted octanol–water partition coefficient (Wildman–Crippen LogP) is 3.12. The molecule has 17 heavy (non-hydrogen) atoms. The Hall–Kier alpha value is -1.62. The second kappa shape index (κ2) is 5.14. The molecule has 0 saturated heterocycles. The fraction of sp³-hybridized carbons (Fsp3) is 0.273. The highest BCUT2D eigenvalue weighted by atomic mass is 35.5. The van der Waals surface area contributed by atoms with Crippen LogP contribution in [0.4, 0.5) is 10.4 Å². The Labute approximate surface area is 103 Å². The van der Waals surface area contributed by atoms with Gasteiger partial charge in [-0.3, -0.25) is 0 Å². The van der Waals surface area contributed by atoms with Gasteiger partial charge in [-0.05, 0) is 24.6 Å². The highest BCUT2D eigenvalue weighted by Gasteiger charge is 2.10. The van der Waals surface area contributed by atoms with Gasteiger partial charge in [0.1, 0.15) is 11.7 Å². The van der Waals surface area contributed by atoms with Gasteiger partial charge in [0.15, 0.2) is 0 Å². The summed E-state index contributed by atoms with van der Waals surface area (Å²) < 4.78 is 18.0. The molecule has 1 unspecified atom stereocenters. The summed E-state index contributed by atoms with van der Waals surface area (Å²) in [5, 5.41) is 10.5. The van der Waals surface area contributed by atoms with Crippen LogP contribution in [0.25, 0.3) is 0 Å². The number of aromatic nitrogens is 2. The number of anilines is 1. The Morgan fingerprint density at radius 1 is 1.35 bits per heavy atom. The molecule has 0 aliphatic carbocycles. The monoisotopic (exact) mass is 255 g/mol. The van der Waals surface area contributed by atoms with E-state index in [4.69, 9.17) is 16.0 Å². The average molecular weight is 256 g/mol. The van der Waals surface area contributed by atoms with E-state index in [0.717, 1.165) is 5.56 Å². The van der Waals surface area contributed by atoms with Gasteiger partial charge < -0.3 is 9.73 Å². The van der Waals surface area contributed by atoms with Crippen LogP contribution in [0.3, 0.4) is 0 Å². The van der Waals surface area contributed by atoms with Crippen molar-refractivity contribution in [1.29, 1.82) is 0 Å². The smallest absolute Gasteiger partial charge is 0.315 e.